The number of ether oxygens (including phenoxy) is 1. The van der Waals surface area contributed by atoms with Crippen LogP contribution in [0.25, 0.3) is 0 Å². The molecule has 1 aliphatic heterocycles. The third-order valence-corrected chi connectivity index (χ3v) is 3.13. The molecular formula is C12H16ClNO. The molecule has 0 amide bonds. The van der Waals surface area contributed by atoms with Crippen molar-refractivity contribution in [2.24, 2.45) is 0 Å². The molecule has 0 saturated carbocycles. The Labute approximate surface area is 95.6 Å². The average molecular weight is 226 g/mol. The fourth-order valence-corrected chi connectivity index (χ4v) is 2.23. The van der Waals surface area contributed by atoms with Crippen LogP contribution in [0.15, 0.2) is 24.3 Å². The lowest BCUT2D eigenvalue weighted by molar-refractivity contribution is 0.0808. The molecule has 15 heavy (non-hydrogen) atoms. The van der Waals surface area contributed by atoms with Gasteiger partial charge < -0.3 is 10.1 Å². The van der Waals surface area contributed by atoms with E-state index in [1.54, 1.807) is 0 Å². The summed E-state index contributed by atoms with van der Waals surface area (Å²) >= 11 is 5.87. The summed E-state index contributed by atoms with van der Waals surface area (Å²) in [5.41, 5.74) is 1.24. The minimum absolute atomic E-state index is 0.282. The molecule has 1 aromatic rings. The predicted molar refractivity (Wildman–Crippen MR) is 62.2 cm³/mol. The molecule has 0 spiro atoms. The second kappa shape index (κ2) is 4.97. The van der Waals surface area contributed by atoms with E-state index in [-0.39, 0.29) is 6.04 Å². The molecule has 1 aromatic carbocycles. The van der Waals surface area contributed by atoms with Gasteiger partial charge in [-0.25, -0.2) is 0 Å². The van der Waals surface area contributed by atoms with Gasteiger partial charge in [-0.15, -0.1) is 0 Å². The summed E-state index contributed by atoms with van der Waals surface area (Å²) in [6.45, 7) is 0.885. The molecule has 2 nitrogen and oxygen atoms in total. The van der Waals surface area contributed by atoms with Crippen molar-refractivity contribution in [1.29, 1.82) is 0 Å². The van der Waals surface area contributed by atoms with E-state index in [9.17, 15) is 0 Å². The number of nitrogens with one attached hydrogen (secondary N) is 1. The van der Waals surface area contributed by atoms with Crippen LogP contribution in [0.4, 0.5) is 0 Å². The van der Waals surface area contributed by atoms with Gasteiger partial charge in [0.2, 0.25) is 0 Å². The standard InChI is InChI=1S/C12H16ClNO/c1-14-12(11-3-2-8-15-11)9-4-6-10(13)7-5-9/h4-7,11-12,14H,2-3,8H2,1H3/t11-,12-/m1/s1. The van der Waals surface area contributed by atoms with Gasteiger partial charge in [0.25, 0.3) is 0 Å². The van der Waals surface area contributed by atoms with E-state index < -0.39 is 0 Å². The molecule has 1 fully saturated rings. The maximum absolute atomic E-state index is 5.87. The average Bonchev–Trinajstić information content (AvgIpc) is 2.75. The first kappa shape index (κ1) is 10.9. The minimum Gasteiger partial charge on any atom is -0.376 e. The molecule has 0 radical (unpaired) electrons. The molecule has 1 N–H and O–H groups in total. The smallest absolute Gasteiger partial charge is 0.0770 e. The molecule has 1 saturated heterocycles. The van der Waals surface area contributed by atoms with Crippen molar-refractivity contribution in [3.05, 3.63) is 34.9 Å². The van der Waals surface area contributed by atoms with Crippen LogP contribution < -0.4 is 5.32 Å². The Hall–Kier alpha value is -0.570. The third kappa shape index (κ3) is 2.51. The first-order chi connectivity index (χ1) is 7.31. The zero-order valence-corrected chi connectivity index (χ0v) is 9.63. The predicted octanol–water partition coefficient (Wildman–Crippen LogP) is 2.78. The molecule has 1 heterocycles. The fraction of sp³-hybridized carbons (Fsp3) is 0.500. The maximum Gasteiger partial charge on any atom is 0.0770 e. The van der Waals surface area contributed by atoms with Gasteiger partial charge in [0, 0.05) is 11.6 Å². The van der Waals surface area contributed by atoms with Gasteiger partial charge in [-0.05, 0) is 37.6 Å². The molecule has 1 aliphatic rings. The summed E-state index contributed by atoms with van der Waals surface area (Å²) in [4.78, 5) is 0. The second-order valence-electron chi connectivity index (χ2n) is 3.87. The Kier molecular flexibility index (Phi) is 3.62. The zero-order valence-electron chi connectivity index (χ0n) is 8.87. The number of likely N-dealkylation sites (N-methyl/N-ethyl adjacent to an activating group) is 1. The summed E-state index contributed by atoms with van der Waals surface area (Å²) in [5.74, 6) is 0. The number of hydrogen-bond donors (Lipinski definition) is 1. The van der Waals surface area contributed by atoms with E-state index in [2.05, 4.69) is 17.4 Å². The van der Waals surface area contributed by atoms with E-state index in [0.717, 1.165) is 24.5 Å². The fourth-order valence-electron chi connectivity index (χ4n) is 2.10. The highest BCUT2D eigenvalue weighted by Gasteiger charge is 2.25. The molecule has 0 unspecified atom stereocenters. The number of hydrogen-bond acceptors (Lipinski definition) is 2. The molecule has 2 atom stereocenters. The van der Waals surface area contributed by atoms with Gasteiger partial charge in [-0.3, -0.25) is 0 Å². The van der Waals surface area contributed by atoms with E-state index in [4.69, 9.17) is 16.3 Å². The van der Waals surface area contributed by atoms with Crippen LogP contribution >= 0.6 is 11.6 Å². The molecule has 0 aromatic heterocycles. The lowest BCUT2D eigenvalue weighted by Crippen LogP contribution is -2.28. The Morgan fingerprint density at radius 2 is 2.13 bits per heavy atom. The maximum atomic E-state index is 5.87. The van der Waals surface area contributed by atoms with Crippen LogP contribution in [0.2, 0.25) is 5.02 Å². The van der Waals surface area contributed by atoms with E-state index in [1.165, 1.54) is 5.56 Å². The summed E-state index contributed by atoms with van der Waals surface area (Å²) in [6.07, 6.45) is 2.60. The van der Waals surface area contributed by atoms with E-state index in [1.807, 2.05) is 19.2 Å². The highest BCUT2D eigenvalue weighted by atomic mass is 35.5. The quantitative estimate of drug-likeness (QED) is 0.854. The van der Waals surface area contributed by atoms with Crippen LogP contribution in [0.5, 0.6) is 0 Å². The largest absolute Gasteiger partial charge is 0.376 e. The number of halogens is 1. The Morgan fingerprint density at radius 3 is 2.67 bits per heavy atom. The summed E-state index contributed by atoms with van der Waals surface area (Å²) in [5, 5.41) is 4.09. The minimum atomic E-state index is 0.282. The van der Waals surface area contributed by atoms with Crippen LogP contribution in [-0.2, 0) is 4.74 Å². The highest BCUT2D eigenvalue weighted by molar-refractivity contribution is 6.30. The summed E-state index contributed by atoms with van der Waals surface area (Å²) < 4.78 is 5.70. The molecule has 0 bridgehead atoms. The van der Waals surface area contributed by atoms with Crippen LogP contribution in [0.1, 0.15) is 24.4 Å². The van der Waals surface area contributed by atoms with Crippen molar-refractivity contribution >= 4 is 11.6 Å². The number of rotatable bonds is 3. The highest BCUT2D eigenvalue weighted by Crippen LogP contribution is 2.27. The van der Waals surface area contributed by atoms with Crippen molar-refractivity contribution in [2.45, 2.75) is 25.0 Å². The Morgan fingerprint density at radius 1 is 1.40 bits per heavy atom. The molecular weight excluding hydrogens is 210 g/mol. The zero-order chi connectivity index (χ0) is 10.7. The summed E-state index contributed by atoms with van der Waals surface area (Å²) in [6, 6.07) is 8.26. The normalized spacial score (nSPS) is 22.9. The van der Waals surface area contributed by atoms with Crippen molar-refractivity contribution in [3.8, 4) is 0 Å². The molecule has 82 valence electrons. The monoisotopic (exact) mass is 225 g/mol. The lowest BCUT2D eigenvalue weighted by Gasteiger charge is -2.22. The second-order valence-corrected chi connectivity index (χ2v) is 4.31. The Bertz CT molecular complexity index is 306. The van der Waals surface area contributed by atoms with Crippen LogP contribution in [0.3, 0.4) is 0 Å². The first-order valence-electron chi connectivity index (χ1n) is 5.35. The van der Waals surface area contributed by atoms with Gasteiger partial charge in [0.15, 0.2) is 0 Å². The topological polar surface area (TPSA) is 21.3 Å². The van der Waals surface area contributed by atoms with Gasteiger partial charge >= 0.3 is 0 Å². The van der Waals surface area contributed by atoms with E-state index >= 15 is 0 Å². The van der Waals surface area contributed by atoms with Crippen molar-refractivity contribution < 1.29 is 4.74 Å². The third-order valence-electron chi connectivity index (χ3n) is 2.88. The Balaban J connectivity index is 2.14. The van der Waals surface area contributed by atoms with Gasteiger partial charge in [0.05, 0.1) is 12.1 Å². The van der Waals surface area contributed by atoms with Gasteiger partial charge in [0.1, 0.15) is 0 Å². The number of benzene rings is 1. The van der Waals surface area contributed by atoms with Gasteiger partial charge in [-0.2, -0.15) is 0 Å². The SMILES string of the molecule is CN[C@H](c1ccc(Cl)cc1)[C@H]1CCCO1. The summed E-state index contributed by atoms with van der Waals surface area (Å²) in [7, 11) is 1.97. The molecule has 2 rings (SSSR count). The van der Waals surface area contributed by atoms with Gasteiger partial charge in [-0.1, -0.05) is 23.7 Å². The van der Waals surface area contributed by atoms with E-state index in [0.29, 0.717) is 6.10 Å². The van der Waals surface area contributed by atoms with Crippen LogP contribution in [0, 0.1) is 0 Å². The molecule has 3 heteroatoms. The lowest BCUT2D eigenvalue weighted by atomic mass is 10.00. The van der Waals surface area contributed by atoms with Crippen molar-refractivity contribution in [3.63, 3.8) is 0 Å². The van der Waals surface area contributed by atoms with Crippen molar-refractivity contribution in [2.75, 3.05) is 13.7 Å². The molecule has 0 aliphatic carbocycles. The van der Waals surface area contributed by atoms with Crippen molar-refractivity contribution in [1.82, 2.24) is 5.32 Å². The first-order valence-corrected chi connectivity index (χ1v) is 5.73. The van der Waals surface area contributed by atoms with Crippen LogP contribution in [-0.4, -0.2) is 19.8 Å².